The minimum absolute atomic E-state index is 0.0566. The molecule has 1 atom stereocenters. The Morgan fingerprint density at radius 3 is 2.60 bits per heavy atom. The van der Waals surface area contributed by atoms with Gasteiger partial charge in [-0.1, -0.05) is 6.07 Å². The van der Waals surface area contributed by atoms with E-state index in [9.17, 15) is 8.78 Å². The van der Waals surface area contributed by atoms with Crippen LogP contribution in [0.5, 0.6) is 6.01 Å². The summed E-state index contributed by atoms with van der Waals surface area (Å²) >= 11 is 0. The summed E-state index contributed by atoms with van der Waals surface area (Å²) < 4.78 is 30.5. The quantitative estimate of drug-likeness (QED) is 0.861. The van der Waals surface area contributed by atoms with Crippen LogP contribution < -0.4 is 4.74 Å². The topological polar surface area (TPSA) is 47.9 Å². The number of ether oxygens (including phenoxy) is 1. The van der Waals surface area contributed by atoms with E-state index in [0.29, 0.717) is 11.4 Å². The summed E-state index contributed by atoms with van der Waals surface area (Å²) in [5, 5.41) is 0. The van der Waals surface area contributed by atoms with E-state index < -0.39 is 11.8 Å². The van der Waals surface area contributed by atoms with Crippen LogP contribution in [0.1, 0.15) is 12.1 Å². The lowest BCUT2D eigenvalue weighted by Gasteiger charge is -2.05. The molecule has 2 aromatic rings. The van der Waals surface area contributed by atoms with Crippen molar-refractivity contribution in [1.82, 2.24) is 15.0 Å². The molecule has 1 radical (unpaired) electrons. The van der Waals surface area contributed by atoms with Crippen LogP contribution in [0.2, 0.25) is 0 Å². The van der Waals surface area contributed by atoms with Gasteiger partial charge >= 0.3 is 6.01 Å². The zero-order valence-corrected chi connectivity index (χ0v) is 10.6. The van der Waals surface area contributed by atoms with Gasteiger partial charge in [0, 0.05) is 30.1 Å². The minimum atomic E-state index is -2.58. The van der Waals surface area contributed by atoms with Gasteiger partial charge in [-0.2, -0.15) is 0 Å². The van der Waals surface area contributed by atoms with Crippen LogP contribution in [0, 0.1) is 12.8 Å². The van der Waals surface area contributed by atoms with Gasteiger partial charge in [-0.05, 0) is 19.1 Å². The second-order valence-electron chi connectivity index (χ2n) is 4.74. The standard InChI is InChI=1S/C14H12F2N3O/c1-9-3-2-4-12(19-9)10-6-17-13(18-7-10)20-8-11-5-14(11,15)16/h2-4,6-7,11H,1,5,8H2/t11-/m1/s1. The third kappa shape index (κ3) is 2.74. The number of halogens is 2. The van der Waals surface area contributed by atoms with Gasteiger partial charge in [0.1, 0.15) is 6.61 Å². The number of rotatable bonds is 4. The molecule has 4 nitrogen and oxygen atoms in total. The number of aromatic nitrogens is 3. The Labute approximate surface area is 114 Å². The van der Waals surface area contributed by atoms with E-state index in [0.717, 1.165) is 5.56 Å². The van der Waals surface area contributed by atoms with E-state index >= 15 is 0 Å². The SMILES string of the molecule is [CH2]c1cccc(-c2cnc(OC[C@H]3CC3(F)F)nc2)n1. The molecule has 0 amide bonds. The first kappa shape index (κ1) is 12.9. The molecule has 0 aliphatic heterocycles. The third-order valence-corrected chi connectivity index (χ3v) is 3.10. The summed E-state index contributed by atoms with van der Waals surface area (Å²) in [6, 6.07) is 5.54. The number of alkyl halides is 2. The van der Waals surface area contributed by atoms with Crippen molar-refractivity contribution < 1.29 is 13.5 Å². The van der Waals surface area contributed by atoms with Gasteiger partial charge in [-0.15, -0.1) is 0 Å². The van der Waals surface area contributed by atoms with Crippen molar-refractivity contribution in [1.29, 1.82) is 0 Å². The molecule has 0 spiro atoms. The van der Waals surface area contributed by atoms with E-state index in [4.69, 9.17) is 4.74 Å². The van der Waals surface area contributed by atoms with E-state index in [1.54, 1.807) is 18.5 Å². The molecular weight excluding hydrogens is 264 g/mol. The fourth-order valence-corrected chi connectivity index (χ4v) is 1.79. The Morgan fingerprint density at radius 1 is 1.30 bits per heavy atom. The molecule has 3 rings (SSSR count). The van der Waals surface area contributed by atoms with E-state index in [2.05, 4.69) is 21.9 Å². The summed E-state index contributed by atoms with van der Waals surface area (Å²) in [6.07, 6.45) is 2.98. The Balaban J connectivity index is 1.65. The van der Waals surface area contributed by atoms with Gasteiger partial charge in [0.25, 0.3) is 5.92 Å². The van der Waals surface area contributed by atoms with Crippen molar-refractivity contribution in [2.75, 3.05) is 6.61 Å². The van der Waals surface area contributed by atoms with Crippen molar-refractivity contribution in [3.8, 4) is 17.3 Å². The number of hydrogen-bond donors (Lipinski definition) is 0. The van der Waals surface area contributed by atoms with Crippen LogP contribution in [0.3, 0.4) is 0 Å². The second kappa shape index (κ2) is 4.77. The summed E-state index contributed by atoms with van der Waals surface area (Å²) in [4.78, 5) is 12.2. The highest BCUT2D eigenvalue weighted by molar-refractivity contribution is 5.56. The smallest absolute Gasteiger partial charge is 0.316 e. The Kier molecular flexibility index (Phi) is 3.08. The van der Waals surface area contributed by atoms with Crippen LogP contribution in [-0.4, -0.2) is 27.5 Å². The van der Waals surface area contributed by atoms with Gasteiger partial charge in [0.05, 0.1) is 11.6 Å². The van der Waals surface area contributed by atoms with Crippen LogP contribution in [0.4, 0.5) is 8.78 Å². The first-order valence-electron chi connectivity index (χ1n) is 6.17. The van der Waals surface area contributed by atoms with Gasteiger partial charge in [0.15, 0.2) is 0 Å². The summed E-state index contributed by atoms with van der Waals surface area (Å²) in [6.45, 7) is 3.69. The second-order valence-corrected chi connectivity index (χ2v) is 4.74. The van der Waals surface area contributed by atoms with Crippen molar-refractivity contribution in [2.45, 2.75) is 12.3 Å². The number of nitrogens with zero attached hydrogens (tertiary/aromatic N) is 3. The fourth-order valence-electron chi connectivity index (χ4n) is 1.79. The number of hydrogen-bond acceptors (Lipinski definition) is 4. The van der Waals surface area contributed by atoms with Crippen LogP contribution in [0.15, 0.2) is 30.6 Å². The lowest BCUT2D eigenvalue weighted by molar-refractivity contribution is 0.0842. The van der Waals surface area contributed by atoms with Gasteiger partial charge in [0.2, 0.25) is 0 Å². The average Bonchev–Trinajstić information content (AvgIpc) is 3.05. The van der Waals surface area contributed by atoms with Gasteiger partial charge < -0.3 is 4.74 Å². The van der Waals surface area contributed by atoms with E-state index in [-0.39, 0.29) is 19.0 Å². The van der Waals surface area contributed by atoms with Crippen LogP contribution in [0.25, 0.3) is 11.3 Å². The summed E-state index contributed by atoms with van der Waals surface area (Å²) in [5.41, 5.74) is 2.08. The molecule has 0 N–H and O–H groups in total. The van der Waals surface area contributed by atoms with Gasteiger partial charge in [-0.25, -0.2) is 18.7 Å². The lowest BCUT2D eigenvalue weighted by Crippen LogP contribution is -2.07. The van der Waals surface area contributed by atoms with E-state index in [1.807, 2.05) is 12.1 Å². The highest BCUT2D eigenvalue weighted by Crippen LogP contribution is 2.48. The zero-order valence-electron chi connectivity index (χ0n) is 10.6. The molecule has 1 aliphatic carbocycles. The van der Waals surface area contributed by atoms with Gasteiger partial charge in [-0.3, -0.25) is 4.98 Å². The molecule has 0 saturated heterocycles. The first-order chi connectivity index (χ1) is 9.54. The van der Waals surface area contributed by atoms with E-state index in [1.165, 1.54) is 0 Å². The minimum Gasteiger partial charge on any atom is -0.463 e. The Bertz CT molecular complexity index is 616. The Hall–Kier alpha value is -2.11. The van der Waals surface area contributed by atoms with Crippen molar-refractivity contribution in [3.63, 3.8) is 0 Å². The lowest BCUT2D eigenvalue weighted by atomic mass is 10.2. The normalized spacial score (nSPS) is 19.6. The predicted octanol–water partition coefficient (Wildman–Crippen LogP) is 2.75. The number of pyridine rings is 1. The average molecular weight is 276 g/mol. The maximum atomic E-state index is 12.7. The molecule has 2 heterocycles. The van der Waals surface area contributed by atoms with Crippen molar-refractivity contribution in [2.24, 2.45) is 5.92 Å². The molecule has 2 aromatic heterocycles. The van der Waals surface area contributed by atoms with Crippen molar-refractivity contribution >= 4 is 0 Å². The molecule has 1 fully saturated rings. The third-order valence-electron chi connectivity index (χ3n) is 3.10. The van der Waals surface area contributed by atoms with Crippen molar-refractivity contribution in [3.05, 3.63) is 43.2 Å². The monoisotopic (exact) mass is 276 g/mol. The highest BCUT2D eigenvalue weighted by Gasteiger charge is 2.57. The maximum absolute atomic E-state index is 12.7. The molecule has 6 heteroatoms. The molecule has 1 saturated carbocycles. The van der Waals surface area contributed by atoms with Crippen LogP contribution in [-0.2, 0) is 0 Å². The van der Waals surface area contributed by atoms with Crippen LogP contribution >= 0.6 is 0 Å². The molecule has 1 aliphatic rings. The first-order valence-corrected chi connectivity index (χ1v) is 6.17. The molecule has 20 heavy (non-hydrogen) atoms. The largest absolute Gasteiger partial charge is 0.463 e. The fraction of sp³-hybridized carbons (Fsp3) is 0.286. The summed E-state index contributed by atoms with van der Waals surface area (Å²) in [7, 11) is 0. The molecule has 0 aromatic carbocycles. The zero-order chi connectivity index (χ0) is 14.2. The predicted molar refractivity (Wildman–Crippen MR) is 68.3 cm³/mol. The molecule has 103 valence electrons. The molecule has 0 unspecified atom stereocenters. The highest BCUT2D eigenvalue weighted by atomic mass is 19.3. The molecule has 0 bridgehead atoms. The summed E-state index contributed by atoms with van der Waals surface area (Å²) in [5.74, 6) is -3.30. The maximum Gasteiger partial charge on any atom is 0.316 e. The molecular formula is C14H12F2N3O. The Morgan fingerprint density at radius 2 is 2.00 bits per heavy atom.